The van der Waals surface area contributed by atoms with E-state index in [4.69, 9.17) is 9.47 Å². The Balaban J connectivity index is 1.87. The molecule has 0 saturated heterocycles. The van der Waals surface area contributed by atoms with Crippen molar-refractivity contribution in [2.24, 2.45) is 9.98 Å². The standard InChI is InChI=1S/C17H14N4O3S/c1-3-24-10-19-15-14(9-18)25-17-20-13(16(22)21(15)17)8-11-4-6-12(23-2)7-5-11/h4-8,10H,3H2,1-2H3/b13-8-,19-10-. The Hall–Kier alpha value is -3.05. The van der Waals surface area contributed by atoms with Gasteiger partial charge >= 0.3 is 0 Å². The van der Waals surface area contributed by atoms with Gasteiger partial charge in [0, 0.05) is 0 Å². The summed E-state index contributed by atoms with van der Waals surface area (Å²) < 4.78 is 10.2. The molecule has 0 unspecified atom stereocenters. The van der Waals surface area contributed by atoms with Crippen molar-refractivity contribution < 1.29 is 14.3 Å². The molecule has 1 aromatic rings. The van der Waals surface area contributed by atoms with Gasteiger partial charge in [0.05, 0.1) is 13.7 Å². The van der Waals surface area contributed by atoms with E-state index < -0.39 is 0 Å². The highest BCUT2D eigenvalue weighted by atomic mass is 32.2. The van der Waals surface area contributed by atoms with Crippen LogP contribution < -0.4 is 4.74 Å². The van der Waals surface area contributed by atoms with Gasteiger partial charge in [-0.25, -0.2) is 14.9 Å². The number of allylic oxidation sites excluding steroid dienone is 1. The van der Waals surface area contributed by atoms with Crippen molar-refractivity contribution in [2.75, 3.05) is 13.7 Å². The maximum atomic E-state index is 12.7. The number of amides is 1. The number of rotatable bonds is 5. The molecule has 8 heteroatoms. The minimum atomic E-state index is -0.327. The van der Waals surface area contributed by atoms with E-state index in [1.165, 1.54) is 11.3 Å². The molecule has 25 heavy (non-hydrogen) atoms. The zero-order valence-corrected chi connectivity index (χ0v) is 14.4. The van der Waals surface area contributed by atoms with Gasteiger partial charge in [-0.05, 0) is 42.5 Å². The smallest absolute Gasteiger partial charge is 0.284 e. The highest BCUT2D eigenvalue weighted by molar-refractivity contribution is 8.17. The minimum Gasteiger partial charge on any atom is -0.497 e. The first-order chi connectivity index (χ1) is 12.2. The molecule has 2 aliphatic heterocycles. The Kier molecular flexibility index (Phi) is 4.86. The molecule has 2 aliphatic rings. The zero-order valence-electron chi connectivity index (χ0n) is 13.6. The summed E-state index contributed by atoms with van der Waals surface area (Å²) in [4.78, 5) is 22.7. The number of carbonyl (C=O) groups is 1. The van der Waals surface area contributed by atoms with E-state index in [0.29, 0.717) is 16.7 Å². The van der Waals surface area contributed by atoms with Crippen LogP contribution in [0.5, 0.6) is 5.75 Å². The molecule has 0 bridgehead atoms. The number of carbonyl (C=O) groups excluding carboxylic acids is 1. The fourth-order valence-electron chi connectivity index (χ4n) is 2.20. The Bertz CT molecular complexity index is 863. The molecule has 126 valence electrons. The van der Waals surface area contributed by atoms with Gasteiger partial charge in [0.1, 0.15) is 22.4 Å². The number of aliphatic imine (C=N–C) groups is 2. The summed E-state index contributed by atoms with van der Waals surface area (Å²) in [5.74, 6) is 0.645. The Morgan fingerprint density at radius 1 is 1.40 bits per heavy atom. The number of methoxy groups -OCH3 is 1. The van der Waals surface area contributed by atoms with Gasteiger partial charge in [-0.3, -0.25) is 4.79 Å². The van der Waals surface area contributed by atoms with Crippen LogP contribution in [-0.4, -0.2) is 36.1 Å². The Labute approximate surface area is 149 Å². The van der Waals surface area contributed by atoms with Gasteiger partial charge in [0.15, 0.2) is 17.4 Å². The number of hydrogen-bond acceptors (Lipinski definition) is 7. The van der Waals surface area contributed by atoms with Gasteiger partial charge < -0.3 is 9.47 Å². The van der Waals surface area contributed by atoms with Crippen molar-refractivity contribution in [3.05, 3.63) is 46.3 Å². The second-order valence-electron chi connectivity index (χ2n) is 4.89. The lowest BCUT2D eigenvalue weighted by atomic mass is 10.2. The van der Waals surface area contributed by atoms with E-state index in [-0.39, 0.29) is 17.4 Å². The molecule has 0 spiro atoms. The van der Waals surface area contributed by atoms with Crippen molar-refractivity contribution in [1.82, 2.24) is 4.90 Å². The van der Waals surface area contributed by atoms with Crippen molar-refractivity contribution in [3.63, 3.8) is 0 Å². The van der Waals surface area contributed by atoms with Crippen LogP contribution in [0, 0.1) is 11.3 Å². The molecule has 7 nitrogen and oxygen atoms in total. The number of ether oxygens (including phenoxy) is 2. The summed E-state index contributed by atoms with van der Waals surface area (Å²) in [7, 11) is 1.59. The molecule has 1 amide bonds. The summed E-state index contributed by atoms with van der Waals surface area (Å²) in [6.07, 6.45) is 2.91. The van der Waals surface area contributed by atoms with Crippen LogP contribution >= 0.6 is 11.8 Å². The first-order valence-electron chi connectivity index (χ1n) is 7.43. The summed E-state index contributed by atoms with van der Waals surface area (Å²) in [5, 5.41) is 9.64. The third-order valence-electron chi connectivity index (χ3n) is 3.37. The predicted molar refractivity (Wildman–Crippen MR) is 95.6 cm³/mol. The number of thioether (sulfide) groups is 1. The number of fused-ring (bicyclic) bond motifs is 1. The summed E-state index contributed by atoms with van der Waals surface area (Å²) in [6, 6.07) is 9.31. The summed E-state index contributed by atoms with van der Waals surface area (Å²) in [6.45, 7) is 2.27. The van der Waals surface area contributed by atoms with Crippen LogP contribution in [0.2, 0.25) is 0 Å². The molecule has 0 N–H and O–H groups in total. The lowest BCUT2D eigenvalue weighted by Crippen LogP contribution is -2.25. The SMILES string of the molecule is CCO/C=N\C1=C(C#N)SC2=N/C(=C\c3ccc(OC)cc3)C(=O)N21. The van der Waals surface area contributed by atoms with E-state index in [1.807, 2.05) is 25.1 Å². The average molecular weight is 354 g/mol. The molecule has 0 radical (unpaired) electrons. The Morgan fingerprint density at radius 2 is 2.16 bits per heavy atom. The number of nitriles is 1. The molecule has 0 aliphatic carbocycles. The first-order valence-corrected chi connectivity index (χ1v) is 8.24. The molecule has 0 aromatic heterocycles. The summed E-state index contributed by atoms with van der Waals surface area (Å²) >= 11 is 1.11. The van der Waals surface area contributed by atoms with E-state index in [9.17, 15) is 10.1 Å². The van der Waals surface area contributed by atoms with Gasteiger partial charge in [-0.1, -0.05) is 12.1 Å². The zero-order chi connectivity index (χ0) is 17.8. The lowest BCUT2D eigenvalue weighted by Gasteiger charge is -2.09. The number of benzene rings is 1. The van der Waals surface area contributed by atoms with Gasteiger partial charge in [0.2, 0.25) is 0 Å². The van der Waals surface area contributed by atoms with Crippen molar-refractivity contribution in [2.45, 2.75) is 6.92 Å². The van der Waals surface area contributed by atoms with Crippen LogP contribution in [0.3, 0.4) is 0 Å². The number of amidine groups is 1. The molecule has 2 heterocycles. The maximum absolute atomic E-state index is 12.7. The lowest BCUT2D eigenvalue weighted by molar-refractivity contribution is -0.121. The van der Waals surface area contributed by atoms with Crippen LogP contribution in [0.4, 0.5) is 0 Å². The molecule has 1 aromatic carbocycles. The fourth-order valence-corrected chi connectivity index (χ4v) is 3.07. The number of nitrogens with zero attached hydrogens (tertiary/aromatic N) is 4. The average Bonchev–Trinajstić information content (AvgIpc) is 3.13. The Morgan fingerprint density at radius 3 is 2.80 bits per heavy atom. The van der Waals surface area contributed by atoms with Crippen LogP contribution in [-0.2, 0) is 9.53 Å². The second-order valence-corrected chi connectivity index (χ2v) is 5.87. The van der Waals surface area contributed by atoms with E-state index >= 15 is 0 Å². The molecule has 3 rings (SSSR count). The third kappa shape index (κ3) is 3.27. The highest BCUT2D eigenvalue weighted by Crippen LogP contribution is 2.39. The van der Waals surface area contributed by atoms with E-state index in [1.54, 1.807) is 25.3 Å². The van der Waals surface area contributed by atoms with Crippen molar-refractivity contribution in [3.8, 4) is 11.8 Å². The minimum absolute atomic E-state index is 0.239. The van der Waals surface area contributed by atoms with Crippen LogP contribution in [0.15, 0.2) is 50.7 Å². The highest BCUT2D eigenvalue weighted by Gasteiger charge is 2.41. The van der Waals surface area contributed by atoms with Crippen molar-refractivity contribution >= 4 is 35.3 Å². The van der Waals surface area contributed by atoms with Gasteiger partial charge in [-0.15, -0.1) is 0 Å². The maximum Gasteiger partial charge on any atom is 0.284 e. The fraction of sp³-hybridized carbons (Fsp3) is 0.176. The van der Waals surface area contributed by atoms with Crippen LogP contribution in [0.1, 0.15) is 12.5 Å². The summed E-state index contributed by atoms with van der Waals surface area (Å²) in [5.41, 5.74) is 1.11. The largest absolute Gasteiger partial charge is 0.497 e. The molecular formula is C17H14N4O3S. The van der Waals surface area contributed by atoms with E-state index in [0.717, 1.165) is 23.1 Å². The van der Waals surface area contributed by atoms with Crippen LogP contribution in [0.25, 0.3) is 6.08 Å². The predicted octanol–water partition coefficient (Wildman–Crippen LogP) is 2.74. The number of hydrogen-bond donors (Lipinski definition) is 0. The molecule has 0 fully saturated rings. The van der Waals surface area contributed by atoms with E-state index in [2.05, 4.69) is 9.98 Å². The molecular weight excluding hydrogens is 340 g/mol. The topological polar surface area (TPSA) is 87.3 Å². The first kappa shape index (κ1) is 16.8. The normalized spacial score (nSPS) is 18.0. The second kappa shape index (κ2) is 7.23. The molecule has 0 saturated carbocycles. The van der Waals surface area contributed by atoms with Gasteiger partial charge in [0.25, 0.3) is 5.91 Å². The molecule has 0 atom stereocenters. The monoisotopic (exact) mass is 354 g/mol. The van der Waals surface area contributed by atoms with Crippen molar-refractivity contribution in [1.29, 1.82) is 5.26 Å². The quantitative estimate of drug-likeness (QED) is 0.461. The van der Waals surface area contributed by atoms with Gasteiger partial charge in [-0.2, -0.15) is 5.26 Å². The third-order valence-corrected chi connectivity index (χ3v) is 4.31.